The Morgan fingerprint density at radius 1 is 1.11 bits per heavy atom. The van der Waals surface area contributed by atoms with E-state index < -0.39 is 23.4 Å². The van der Waals surface area contributed by atoms with E-state index in [1.807, 2.05) is 13.0 Å². The molecule has 0 aromatic heterocycles. The van der Waals surface area contributed by atoms with Crippen LogP contribution in [0.2, 0.25) is 0 Å². The minimum atomic E-state index is -1.22. The van der Waals surface area contributed by atoms with Crippen LogP contribution in [0, 0.1) is 0 Å². The Labute approximate surface area is 157 Å². The molecule has 2 aromatic carbocycles. The van der Waals surface area contributed by atoms with Crippen molar-refractivity contribution >= 4 is 17.8 Å². The molecular weight excluding hydrogens is 346 g/mol. The van der Waals surface area contributed by atoms with Gasteiger partial charge in [-0.15, -0.1) is 0 Å². The maximum absolute atomic E-state index is 12.8. The molecule has 1 heterocycles. The van der Waals surface area contributed by atoms with Crippen molar-refractivity contribution in [1.82, 2.24) is 15.8 Å². The number of hydrazine groups is 1. The molecule has 0 radical (unpaired) electrons. The van der Waals surface area contributed by atoms with Crippen molar-refractivity contribution in [3.05, 3.63) is 65.7 Å². The fraction of sp³-hybridized carbons (Fsp3) is 0.250. The number of carbonyl (C=O) groups is 3. The first-order valence-electron chi connectivity index (χ1n) is 8.67. The quantitative estimate of drug-likeness (QED) is 0.766. The molecule has 0 bridgehead atoms. The van der Waals surface area contributed by atoms with Crippen molar-refractivity contribution in [2.24, 2.45) is 0 Å². The summed E-state index contributed by atoms with van der Waals surface area (Å²) < 4.78 is 5.36. The zero-order chi connectivity index (χ0) is 19.4. The van der Waals surface area contributed by atoms with Gasteiger partial charge in [-0.2, -0.15) is 5.01 Å². The first-order chi connectivity index (χ1) is 12.9. The summed E-state index contributed by atoms with van der Waals surface area (Å²) in [6.07, 6.45) is 0.0333. The average molecular weight is 367 g/mol. The van der Waals surface area contributed by atoms with E-state index in [-0.39, 0.29) is 6.42 Å². The molecule has 0 saturated carbocycles. The summed E-state index contributed by atoms with van der Waals surface area (Å²) in [7, 11) is 0. The molecule has 1 unspecified atom stereocenters. The second-order valence-corrected chi connectivity index (χ2v) is 6.35. The molecule has 1 saturated heterocycles. The second-order valence-electron chi connectivity index (χ2n) is 6.35. The fourth-order valence-electron chi connectivity index (χ4n) is 2.93. The first-order valence-corrected chi connectivity index (χ1v) is 8.67. The number of rotatable bonds is 6. The topological polar surface area (TPSA) is 87.7 Å². The van der Waals surface area contributed by atoms with Crippen LogP contribution in [0.15, 0.2) is 54.6 Å². The van der Waals surface area contributed by atoms with Gasteiger partial charge in [-0.25, -0.2) is 4.79 Å². The monoisotopic (exact) mass is 367 g/mol. The number of hydrogen-bond acceptors (Lipinski definition) is 4. The number of carbonyl (C=O) groups excluding carboxylic acids is 3. The molecule has 4 amide bonds. The molecule has 1 fully saturated rings. The van der Waals surface area contributed by atoms with Crippen LogP contribution in [-0.2, 0) is 21.5 Å². The minimum Gasteiger partial charge on any atom is -0.494 e. The Balaban J connectivity index is 1.67. The number of ether oxygens (including phenoxy) is 1. The third-order valence-electron chi connectivity index (χ3n) is 4.38. The highest BCUT2D eigenvalue weighted by Crippen LogP contribution is 2.27. The van der Waals surface area contributed by atoms with Gasteiger partial charge in [0, 0.05) is 0 Å². The number of imide groups is 1. The van der Waals surface area contributed by atoms with Gasteiger partial charge in [-0.1, -0.05) is 42.5 Å². The van der Waals surface area contributed by atoms with Crippen LogP contribution in [0.25, 0.3) is 0 Å². The van der Waals surface area contributed by atoms with Crippen LogP contribution < -0.4 is 15.5 Å². The Morgan fingerprint density at radius 3 is 2.41 bits per heavy atom. The average Bonchev–Trinajstić information content (AvgIpc) is 2.88. The zero-order valence-electron chi connectivity index (χ0n) is 15.2. The van der Waals surface area contributed by atoms with Crippen molar-refractivity contribution in [3.63, 3.8) is 0 Å². The number of nitrogens with one attached hydrogen (secondary N) is 2. The number of hydrogen-bond donors (Lipinski definition) is 2. The van der Waals surface area contributed by atoms with Crippen LogP contribution in [0.4, 0.5) is 4.79 Å². The van der Waals surface area contributed by atoms with Gasteiger partial charge < -0.3 is 10.1 Å². The van der Waals surface area contributed by atoms with Crippen molar-refractivity contribution in [2.45, 2.75) is 25.8 Å². The van der Waals surface area contributed by atoms with E-state index in [0.717, 1.165) is 16.3 Å². The van der Waals surface area contributed by atoms with E-state index in [1.54, 1.807) is 55.5 Å². The Hall–Kier alpha value is -3.35. The smallest absolute Gasteiger partial charge is 0.344 e. The van der Waals surface area contributed by atoms with Crippen LogP contribution >= 0.6 is 0 Å². The summed E-state index contributed by atoms with van der Waals surface area (Å²) in [5.74, 6) is -0.270. The largest absolute Gasteiger partial charge is 0.494 e. The molecule has 27 heavy (non-hydrogen) atoms. The second kappa shape index (κ2) is 7.49. The number of nitrogens with zero attached hydrogens (tertiary/aromatic N) is 1. The number of amides is 4. The lowest BCUT2D eigenvalue weighted by molar-refractivity contribution is -0.138. The summed E-state index contributed by atoms with van der Waals surface area (Å²) in [5, 5.41) is 3.38. The lowest BCUT2D eigenvalue weighted by Crippen LogP contribution is -2.48. The van der Waals surface area contributed by atoms with E-state index in [1.165, 1.54) is 0 Å². The lowest BCUT2D eigenvalue weighted by Gasteiger charge is -2.22. The molecule has 3 rings (SSSR count). The van der Waals surface area contributed by atoms with Gasteiger partial charge in [0.1, 0.15) is 11.3 Å². The third-order valence-corrected chi connectivity index (χ3v) is 4.38. The highest BCUT2D eigenvalue weighted by atomic mass is 16.5. The molecule has 140 valence electrons. The maximum Gasteiger partial charge on any atom is 0.344 e. The highest BCUT2D eigenvalue weighted by molar-refractivity contribution is 6.08. The first kappa shape index (κ1) is 18.4. The number of benzene rings is 2. The lowest BCUT2D eigenvalue weighted by atomic mass is 9.92. The van der Waals surface area contributed by atoms with Crippen LogP contribution in [0.3, 0.4) is 0 Å². The van der Waals surface area contributed by atoms with Gasteiger partial charge in [-0.05, 0) is 37.1 Å². The Bertz CT molecular complexity index is 851. The molecule has 2 N–H and O–H groups in total. The number of urea groups is 1. The molecule has 1 atom stereocenters. The van der Waals surface area contributed by atoms with Gasteiger partial charge in [0.2, 0.25) is 5.91 Å². The van der Waals surface area contributed by atoms with Gasteiger partial charge in [0.05, 0.1) is 13.0 Å². The summed E-state index contributed by atoms with van der Waals surface area (Å²) in [6.45, 7) is 4.07. The molecule has 0 aliphatic carbocycles. The van der Waals surface area contributed by atoms with E-state index in [2.05, 4.69) is 10.7 Å². The van der Waals surface area contributed by atoms with E-state index in [4.69, 9.17) is 4.74 Å². The Morgan fingerprint density at radius 2 is 1.78 bits per heavy atom. The highest BCUT2D eigenvalue weighted by Gasteiger charge is 2.49. The summed E-state index contributed by atoms with van der Waals surface area (Å²) in [5.41, 5.74) is 2.56. The van der Waals surface area contributed by atoms with Crippen molar-refractivity contribution in [1.29, 1.82) is 0 Å². The molecule has 7 heteroatoms. The third kappa shape index (κ3) is 3.76. The van der Waals surface area contributed by atoms with Crippen molar-refractivity contribution in [2.75, 3.05) is 6.61 Å². The predicted octanol–water partition coefficient (Wildman–Crippen LogP) is 2.13. The molecule has 0 spiro atoms. The van der Waals surface area contributed by atoms with Crippen molar-refractivity contribution in [3.8, 4) is 5.75 Å². The van der Waals surface area contributed by atoms with Gasteiger partial charge in [0.25, 0.3) is 5.91 Å². The van der Waals surface area contributed by atoms with Gasteiger partial charge in [-0.3, -0.25) is 15.0 Å². The van der Waals surface area contributed by atoms with E-state index in [9.17, 15) is 14.4 Å². The van der Waals surface area contributed by atoms with Gasteiger partial charge >= 0.3 is 6.03 Å². The van der Waals surface area contributed by atoms with Crippen LogP contribution in [0.1, 0.15) is 25.0 Å². The van der Waals surface area contributed by atoms with Crippen molar-refractivity contribution < 1.29 is 19.1 Å². The predicted molar refractivity (Wildman–Crippen MR) is 98.6 cm³/mol. The zero-order valence-corrected chi connectivity index (χ0v) is 15.2. The van der Waals surface area contributed by atoms with E-state index in [0.29, 0.717) is 12.2 Å². The normalized spacial score (nSPS) is 19.0. The van der Waals surface area contributed by atoms with Crippen LogP contribution in [-0.4, -0.2) is 29.5 Å². The van der Waals surface area contributed by atoms with Gasteiger partial charge in [0.15, 0.2) is 0 Å². The van der Waals surface area contributed by atoms with Crippen LogP contribution in [0.5, 0.6) is 5.75 Å². The standard InChI is InChI=1S/C20H21N3O4/c1-3-27-16-11-9-14(10-12-16)13-17(24)22-23-18(25)20(2,21-19(23)26)15-7-5-4-6-8-15/h4-12H,3,13H2,1-2H3,(H,21,26)(H,22,24). The molecule has 1 aliphatic heterocycles. The maximum atomic E-state index is 12.8. The molecule has 1 aliphatic rings. The minimum absolute atomic E-state index is 0.0333. The van der Waals surface area contributed by atoms with E-state index >= 15 is 0 Å². The summed E-state index contributed by atoms with van der Waals surface area (Å²) in [4.78, 5) is 37.3. The molecule has 2 aromatic rings. The molecule has 7 nitrogen and oxygen atoms in total. The fourth-order valence-corrected chi connectivity index (χ4v) is 2.93. The SMILES string of the molecule is CCOc1ccc(CC(=O)NN2C(=O)NC(C)(c3ccccc3)C2=O)cc1. The summed E-state index contributed by atoms with van der Waals surface area (Å²) >= 11 is 0. The summed E-state index contributed by atoms with van der Waals surface area (Å²) in [6, 6.07) is 15.3. The molecular formula is C20H21N3O4. The Kier molecular flexibility index (Phi) is 5.12.